The Morgan fingerprint density at radius 3 is 2.82 bits per heavy atom. The molecule has 0 atom stereocenters. The summed E-state index contributed by atoms with van der Waals surface area (Å²) in [5.41, 5.74) is 1.26. The number of hydrogen-bond acceptors (Lipinski definition) is 3. The minimum atomic E-state index is -0.270. The fourth-order valence-corrected chi connectivity index (χ4v) is 1.65. The second-order valence-electron chi connectivity index (χ2n) is 3.48. The zero-order valence-corrected chi connectivity index (χ0v) is 10.7. The van der Waals surface area contributed by atoms with Crippen molar-refractivity contribution in [3.05, 3.63) is 52.4 Å². The highest BCUT2D eigenvalue weighted by atomic mass is 79.9. The molecule has 4 nitrogen and oxygen atoms in total. The van der Waals surface area contributed by atoms with Gasteiger partial charge in [0.1, 0.15) is 11.5 Å². The van der Waals surface area contributed by atoms with Crippen LogP contribution in [-0.4, -0.2) is 15.9 Å². The van der Waals surface area contributed by atoms with Crippen molar-refractivity contribution < 1.29 is 4.79 Å². The van der Waals surface area contributed by atoms with Crippen molar-refractivity contribution in [3.63, 3.8) is 0 Å². The summed E-state index contributed by atoms with van der Waals surface area (Å²) in [7, 11) is 0. The van der Waals surface area contributed by atoms with Crippen LogP contribution < -0.4 is 5.32 Å². The first kappa shape index (κ1) is 11.7. The van der Waals surface area contributed by atoms with Crippen LogP contribution in [0.5, 0.6) is 0 Å². The molecule has 2 aromatic heterocycles. The Balaban J connectivity index is 2.20. The number of carbonyl (C=O) groups excluding carboxylic acids is 1. The normalized spacial score (nSPS) is 10.0. The minimum absolute atomic E-state index is 0.270. The number of halogens is 1. The highest BCUT2D eigenvalue weighted by Crippen LogP contribution is 2.13. The van der Waals surface area contributed by atoms with E-state index < -0.39 is 0 Å². The van der Waals surface area contributed by atoms with Crippen molar-refractivity contribution in [2.24, 2.45) is 0 Å². The van der Waals surface area contributed by atoms with Gasteiger partial charge in [-0.15, -0.1) is 0 Å². The first-order valence-corrected chi connectivity index (χ1v) is 5.80. The van der Waals surface area contributed by atoms with Crippen LogP contribution in [0.1, 0.15) is 16.1 Å². The number of nitrogens with zero attached hydrogens (tertiary/aromatic N) is 2. The quantitative estimate of drug-likeness (QED) is 0.926. The summed E-state index contributed by atoms with van der Waals surface area (Å²) in [4.78, 5) is 20.0. The molecule has 86 valence electrons. The molecule has 0 radical (unpaired) electrons. The molecule has 17 heavy (non-hydrogen) atoms. The summed E-state index contributed by atoms with van der Waals surface area (Å²) in [5, 5.41) is 2.72. The van der Waals surface area contributed by atoms with Gasteiger partial charge in [0, 0.05) is 16.9 Å². The monoisotopic (exact) mass is 291 g/mol. The molecule has 2 aromatic rings. The number of pyridine rings is 2. The molecule has 0 saturated heterocycles. The van der Waals surface area contributed by atoms with E-state index in [4.69, 9.17) is 0 Å². The van der Waals surface area contributed by atoms with Gasteiger partial charge in [0.15, 0.2) is 0 Å². The third-order valence-corrected chi connectivity index (χ3v) is 2.69. The molecule has 5 heteroatoms. The Morgan fingerprint density at radius 2 is 2.12 bits per heavy atom. The number of amides is 1. The van der Waals surface area contributed by atoms with Crippen LogP contribution in [0.15, 0.2) is 41.1 Å². The van der Waals surface area contributed by atoms with Crippen LogP contribution in [0.25, 0.3) is 0 Å². The van der Waals surface area contributed by atoms with Crippen molar-refractivity contribution in [1.82, 2.24) is 9.97 Å². The molecular formula is C12H10BrN3O. The van der Waals surface area contributed by atoms with Gasteiger partial charge in [0.25, 0.3) is 5.91 Å². The zero-order valence-electron chi connectivity index (χ0n) is 9.14. The highest BCUT2D eigenvalue weighted by molar-refractivity contribution is 9.10. The summed E-state index contributed by atoms with van der Waals surface area (Å²) < 4.78 is 0.815. The SMILES string of the molecule is Cc1cccnc1NC(=O)c1cc(Br)ccn1. The number of anilines is 1. The van der Waals surface area contributed by atoms with Gasteiger partial charge in [0.05, 0.1) is 0 Å². The van der Waals surface area contributed by atoms with Crippen LogP contribution in [0, 0.1) is 6.92 Å². The predicted octanol–water partition coefficient (Wildman–Crippen LogP) is 2.80. The Labute approximate surface area is 107 Å². The van der Waals surface area contributed by atoms with Crippen molar-refractivity contribution >= 4 is 27.7 Å². The molecule has 0 aromatic carbocycles. The highest BCUT2D eigenvalue weighted by Gasteiger charge is 2.09. The molecular weight excluding hydrogens is 282 g/mol. The van der Waals surface area contributed by atoms with E-state index in [1.807, 2.05) is 19.1 Å². The molecule has 1 N–H and O–H groups in total. The average Bonchev–Trinajstić information content (AvgIpc) is 2.32. The van der Waals surface area contributed by atoms with Gasteiger partial charge in [-0.1, -0.05) is 22.0 Å². The van der Waals surface area contributed by atoms with E-state index in [2.05, 4.69) is 31.2 Å². The van der Waals surface area contributed by atoms with Crippen LogP contribution in [0.3, 0.4) is 0 Å². The lowest BCUT2D eigenvalue weighted by atomic mass is 10.3. The standard InChI is InChI=1S/C12H10BrN3O/c1-8-3-2-5-15-11(8)16-12(17)10-7-9(13)4-6-14-10/h2-7H,1H3,(H,15,16,17). The molecule has 0 aliphatic carbocycles. The molecule has 2 heterocycles. The fourth-order valence-electron chi connectivity index (χ4n) is 1.32. The smallest absolute Gasteiger partial charge is 0.275 e. The third-order valence-electron chi connectivity index (χ3n) is 2.20. The maximum absolute atomic E-state index is 11.9. The Hall–Kier alpha value is -1.75. The molecule has 0 spiro atoms. The fraction of sp³-hybridized carbons (Fsp3) is 0.0833. The number of carbonyl (C=O) groups is 1. The lowest BCUT2D eigenvalue weighted by molar-refractivity contribution is 0.102. The van der Waals surface area contributed by atoms with Crippen LogP contribution in [0.2, 0.25) is 0 Å². The first-order valence-electron chi connectivity index (χ1n) is 5.01. The summed E-state index contributed by atoms with van der Waals surface area (Å²) in [6.45, 7) is 1.89. The number of rotatable bonds is 2. The molecule has 0 unspecified atom stereocenters. The van der Waals surface area contributed by atoms with Gasteiger partial charge in [-0.2, -0.15) is 0 Å². The third kappa shape index (κ3) is 2.88. The maximum Gasteiger partial charge on any atom is 0.275 e. The van der Waals surface area contributed by atoms with E-state index in [0.717, 1.165) is 10.0 Å². The van der Waals surface area contributed by atoms with Crippen molar-refractivity contribution in [2.75, 3.05) is 5.32 Å². The summed E-state index contributed by atoms with van der Waals surface area (Å²) >= 11 is 3.29. The average molecular weight is 292 g/mol. The van der Waals surface area contributed by atoms with E-state index in [9.17, 15) is 4.79 Å². The largest absolute Gasteiger partial charge is 0.305 e. The summed E-state index contributed by atoms with van der Waals surface area (Å²) in [6.07, 6.45) is 3.21. The minimum Gasteiger partial charge on any atom is -0.305 e. The van der Waals surface area contributed by atoms with Crippen LogP contribution in [-0.2, 0) is 0 Å². The Bertz CT molecular complexity index is 557. The van der Waals surface area contributed by atoms with E-state index in [-0.39, 0.29) is 5.91 Å². The summed E-state index contributed by atoms with van der Waals surface area (Å²) in [5.74, 6) is 0.285. The number of aromatic nitrogens is 2. The van der Waals surface area contributed by atoms with E-state index in [0.29, 0.717) is 11.5 Å². The van der Waals surface area contributed by atoms with Crippen LogP contribution >= 0.6 is 15.9 Å². The van der Waals surface area contributed by atoms with Gasteiger partial charge in [-0.25, -0.2) is 4.98 Å². The summed E-state index contributed by atoms with van der Waals surface area (Å²) in [6, 6.07) is 7.13. The Morgan fingerprint density at radius 1 is 1.29 bits per heavy atom. The van der Waals surface area contributed by atoms with E-state index >= 15 is 0 Å². The zero-order chi connectivity index (χ0) is 12.3. The molecule has 0 bridgehead atoms. The lowest BCUT2D eigenvalue weighted by Crippen LogP contribution is -2.15. The van der Waals surface area contributed by atoms with Gasteiger partial charge < -0.3 is 5.32 Å². The molecule has 0 aliphatic heterocycles. The van der Waals surface area contributed by atoms with Crippen LogP contribution in [0.4, 0.5) is 5.82 Å². The van der Waals surface area contributed by atoms with E-state index in [1.54, 1.807) is 24.5 Å². The van der Waals surface area contributed by atoms with Crippen molar-refractivity contribution in [3.8, 4) is 0 Å². The van der Waals surface area contributed by atoms with Gasteiger partial charge >= 0.3 is 0 Å². The predicted molar refractivity (Wildman–Crippen MR) is 68.9 cm³/mol. The number of nitrogens with one attached hydrogen (secondary N) is 1. The van der Waals surface area contributed by atoms with Gasteiger partial charge in [0.2, 0.25) is 0 Å². The van der Waals surface area contributed by atoms with Crippen molar-refractivity contribution in [2.45, 2.75) is 6.92 Å². The second-order valence-corrected chi connectivity index (χ2v) is 4.40. The molecule has 0 aliphatic rings. The lowest BCUT2D eigenvalue weighted by Gasteiger charge is -2.06. The maximum atomic E-state index is 11.9. The number of aryl methyl sites for hydroxylation is 1. The molecule has 0 saturated carbocycles. The van der Waals surface area contributed by atoms with E-state index in [1.165, 1.54) is 0 Å². The second kappa shape index (κ2) is 5.05. The Kier molecular flexibility index (Phi) is 3.49. The first-order chi connectivity index (χ1) is 8.16. The molecule has 2 rings (SSSR count). The van der Waals surface area contributed by atoms with Gasteiger partial charge in [-0.3, -0.25) is 9.78 Å². The van der Waals surface area contributed by atoms with Crippen molar-refractivity contribution in [1.29, 1.82) is 0 Å². The number of hydrogen-bond donors (Lipinski definition) is 1. The molecule has 0 fully saturated rings. The van der Waals surface area contributed by atoms with Gasteiger partial charge in [-0.05, 0) is 30.7 Å². The molecule has 1 amide bonds. The topological polar surface area (TPSA) is 54.9 Å².